The zero-order valence-electron chi connectivity index (χ0n) is 16.3. The maximum atomic E-state index is 10.1. The molecule has 7 nitrogen and oxygen atoms in total. The van der Waals surface area contributed by atoms with Crippen LogP contribution in [-0.4, -0.2) is 36.9 Å². The van der Waals surface area contributed by atoms with E-state index in [1.54, 1.807) is 14.1 Å². The van der Waals surface area contributed by atoms with Crippen LogP contribution in [0.4, 0.5) is 0 Å². The van der Waals surface area contributed by atoms with Crippen LogP contribution >= 0.6 is 12.4 Å². The maximum absolute atomic E-state index is 10.1. The number of nitrogens with zero attached hydrogens (tertiary/aromatic N) is 1. The quantitative estimate of drug-likeness (QED) is 0.166. The number of carbonyl (C=O) groups excluding carboxylic acids is 1. The van der Waals surface area contributed by atoms with Crippen LogP contribution in [0.5, 0.6) is 0 Å². The molecular weight excluding hydrogens is 353 g/mol. The molecule has 0 rings (SSSR count). The predicted molar refractivity (Wildman–Crippen MR) is 101 cm³/mol. The summed E-state index contributed by atoms with van der Waals surface area (Å²) in [6.45, 7) is 2.22. The number of carboxylic acids is 1. The summed E-state index contributed by atoms with van der Waals surface area (Å²) in [6, 6.07) is 0. The molecule has 144 valence electrons. The van der Waals surface area contributed by atoms with Crippen molar-refractivity contribution >= 4 is 30.3 Å². The van der Waals surface area contributed by atoms with E-state index in [2.05, 4.69) is 12.2 Å². The summed E-state index contributed by atoms with van der Waals surface area (Å²) in [5.41, 5.74) is 4.94. The minimum absolute atomic E-state index is 0. The average Bonchev–Trinajstić information content (AvgIpc) is 2.45. The molecule has 0 bridgehead atoms. The Kier molecular flexibility index (Phi) is 30.3. The van der Waals surface area contributed by atoms with Crippen LogP contribution in [-0.2, 0) is 4.79 Å². The van der Waals surface area contributed by atoms with E-state index in [0.717, 1.165) is 12.8 Å². The molecule has 0 aromatic rings. The molecule has 0 aromatic heterocycles. The van der Waals surface area contributed by atoms with E-state index in [1.165, 1.54) is 49.8 Å². The number of aliphatic carboxylic acids is 1. The number of halogens is 1. The Hall–Kier alpha value is -0.500. The largest absolute Gasteiger partial charge is 1.00 e. The average molecular weight is 388 g/mol. The molecular formula is C16H35ClN5NaO2. The molecule has 0 aliphatic rings. The second kappa shape index (κ2) is 23.5. The standard InChI is InChI=1S/C12H24O2.C4H11N5.ClH.Na/c1-2-3-4-5-6-7-8-9-10-11-12(13)14;1-9(2)4(7)8-3(5)6;;/h2-11H2,1H3,(H,13,14);1-2H3,(H5,5,6,7,8);1H;/q;;;+1/p-1. The van der Waals surface area contributed by atoms with Gasteiger partial charge in [0.15, 0.2) is 11.9 Å². The summed E-state index contributed by atoms with van der Waals surface area (Å²) in [5, 5.41) is 26.2. The van der Waals surface area contributed by atoms with Crippen molar-refractivity contribution in [2.24, 2.45) is 5.73 Å². The number of guanidine groups is 2. The number of hydrogen-bond acceptors (Lipinski definition) is 4. The first-order valence-corrected chi connectivity index (χ1v) is 8.38. The molecule has 0 aromatic carbocycles. The molecule has 0 spiro atoms. The van der Waals surface area contributed by atoms with Gasteiger partial charge in [0.05, 0.1) is 0 Å². The van der Waals surface area contributed by atoms with Crippen LogP contribution in [0.15, 0.2) is 0 Å². The van der Waals surface area contributed by atoms with E-state index >= 15 is 0 Å². The van der Waals surface area contributed by atoms with E-state index in [-0.39, 0.29) is 60.3 Å². The van der Waals surface area contributed by atoms with Gasteiger partial charge in [0, 0.05) is 20.1 Å². The summed E-state index contributed by atoms with van der Waals surface area (Å²) in [5.74, 6) is -1.01. The molecule has 9 heteroatoms. The number of carboxylic acid groups (broad SMARTS) is 1. The van der Waals surface area contributed by atoms with Crippen LogP contribution in [0.25, 0.3) is 0 Å². The number of rotatable bonds is 10. The zero-order chi connectivity index (χ0) is 18.1. The maximum Gasteiger partial charge on any atom is 1.00 e. The molecule has 5 N–H and O–H groups in total. The summed E-state index contributed by atoms with van der Waals surface area (Å²) < 4.78 is 0. The van der Waals surface area contributed by atoms with Gasteiger partial charge in [0.2, 0.25) is 0 Å². The first kappa shape index (κ1) is 32.2. The molecule has 0 saturated carbocycles. The van der Waals surface area contributed by atoms with Crippen molar-refractivity contribution in [1.29, 1.82) is 10.8 Å². The summed E-state index contributed by atoms with van der Waals surface area (Å²) in [7, 11) is 3.39. The molecule has 0 radical (unpaired) electrons. The second-order valence-electron chi connectivity index (χ2n) is 5.73. The van der Waals surface area contributed by atoms with Crippen molar-refractivity contribution in [2.45, 2.75) is 71.1 Å². The van der Waals surface area contributed by atoms with Gasteiger partial charge in [-0.05, 0) is 12.8 Å². The van der Waals surface area contributed by atoms with Crippen LogP contribution in [0.2, 0.25) is 0 Å². The molecule has 0 atom stereocenters. The van der Waals surface area contributed by atoms with Crippen molar-refractivity contribution in [1.82, 2.24) is 10.2 Å². The Morgan fingerprint density at radius 3 is 1.68 bits per heavy atom. The Morgan fingerprint density at radius 1 is 1.00 bits per heavy atom. The summed E-state index contributed by atoms with van der Waals surface area (Å²) >= 11 is 0. The Bertz CT molecular complexity index is 344. The zero-order valence-corrected chi connectivity index (χ0v) is 19.1. The molecule has 0 aliphatic heterocycles. The van der Waals surface area contributed by atoms with Gasteiger partial charge < -0.3 is 20.5 Å². The Balaban J connectivity index is -0.000000177. The molecule has 0 aliphatic carbocycles. The van der Waals surface area contributed by atoms with E-state index in [4.69, 9.17) is 16.6 Å². The number of nitrogens with one attached hydrogen (secondary N) is 3. The van der Waals surface area contributed by atoms with E-state index in [0.29, 0.717) is 0 Å². The third-order valence-electron chi connectivity index (χ3n) is 3.18. The van der Waals surface area contributed by atoms with Gasteiger partial charge in [-0.25, -0.2) is 0 Å². The van der Waals surface area contributed by atoms with E-state index in [9.17, 15) is 9.90 Å². The number of hydrogen-bond donors (Lipinski definition) is 4. The van der Waals surface area contributed by atoms with Crippen molar-refractivity contribution in [3.63, 3.8) is 0 Å². The number of nitrogens with two attached hydrogens (primary N) is 1. The fourth-order valence-corrected chi connectivity index (χ4v) is 1.82. The van der Waals surface area contributed by atoms with Gasteiger partial charge >= 0.3 is 29.6 Å². The molecule has 0 amide bonds. The minimum Gasteiger partial charge on any atom is -0.550 e. The van der Waals surface area contributed by atoms with Gasteiger partial charge in [-0.2, -0.15) is 0 Å². The monoisotopic (exact) mass is 387 g/mol. The molecule has 0 heterocycles. The molecule has 0 saturated heterocycles. The predicted octanol–water partition coefficient (Wildman–Crippen LogP) is -0.951. The topological polar surface area (TPSA) is 129 Å². The van der Waals surface area contributed by atoms with Crippen LogP contribution in [0, 0.1) is 10.8 Å². The number of unbranched alkanes of at least 4 members (excludes halogenated alkanes) is 8. The van der Waals surface area contributed by atoms with E-state index in [1.807, 2.05) is 0 Å². The van der Waals surface area contributed by atoms with Gasteiger partial charge in [0.25, 0.3) is 0 Å². The van der Waals surface area contributed by atoms with Crippen molar-refractivity contribution in [3.8, 4) is 0 Å². The van der Waals surface area contributed by atoms with Gasteiger partial charge in [-0.1, -0.05) is 58.3 Å². The Labute approximate surface area is 181 Å². The summed E-state index contributed by atoms with van der Waals surface area (Å²) in [4.78, 5) is 11.6. The number of carbonyl (C=O) groups is 1. The third kappa shape index (κ3) is 31.7. The fourth-order valence-electron chi connectivity index (χ4n) is 1.82. The Morgan fingerprint density at radius 2 is 1.40 bits per heavy atom. The fraction of sp³-hybridized carbons (Fsp3) is 0.812. The van der Waals surface area contributed by atoms with Crippen LogP contribution in [0.3, 0.4) is 0 Å². The van der Waals surface area contributed by atoms with Gasteiger partial charge in [0.1, 0.15) is 0 Å². The smallest absolute Gasteiger partial charge is 0.550 e. The molecule has 0 unspecified atom stereocenters. The minimum atomic E-state index is -0.909. The van der Waals surface area contributed by atoms with Crippen molar-refractivity contribution in [3.05, 3.63) is 0 Å². The van der Waals surface area contributed by atoms with Gasteiger partial charge in [-0.3, -0.25) is 16.1 Å². The summed E-state index contributed by atoms with van der Waals surface area (Å²) in [6.07, 6.45) is 11.2. The van der Waals surface area contributed by atoms with Crippen molar-refractivity contribution in [2.75, 3.05) is 14.1 Å². The van der Waals surface area contributed by atoms with Crippen molar-refractivity contribution < 1.29 is 39.5 Å². The molecule has 25 heavy (non-hydrogen) atoms. The first-order chi connectivity index (χ1) is 10.8. The van der Waals surface area contributed by atoms with Crippen LogP contribution < -0.4 is 45.7 Å². The van der Waals surface area contributed by atoms with E-state index < -0.39 is 5.97 Å². The normalized spacial score (nSPS) is 8.76. The second-order valence-corrected chi connectivity index (χ2v) is 5.73. The SMILES string of the molecule is CCCCCCCCCCCC(=O)[O-].CN(C)C(=N)NC(=N)N.Cl.[Na+]. The van der Waals surface area contributed by atoms with Crippen LogP contribution in [0.1, 0.15) is 71.1 Å². The third-order valence-corrected chi connectivity index (χ3v) is 3.18. The van der Waals surface area contributed by atoms with Gasteiger partial charge in [-0.15, -0.1) is 12.4 Å². The molecule has 0 fully saturated rings. The first-order valence-electron chi connectivity index (χ1n) is 8.38.